The molecular formula is C7H9FO2. The van der Waals surface area contributed by atoms with E-state index >= 15 is 0 Å². The van der Waals surface area contributed by atoms with Crippen molar-refractivity contribution in [1.82, 2.24) is 0 Å². The number of carboxylic acids is 1. The largest absolute Gasteiger partial charge is 0.478 e. The molecule has 0 heterocycles. The number of carboxylic acid groups (broad SMARTS) is 1. The molecule has 1 N–H and O–H groups in total. The van der Waals surface area contributed by atoms with Gasteiger partial charge >= 0.3 is 5.97 Å². The Labute approximate surface area is 58.7 Å². The Hall–Kier alpha value is -1.12. The first kappa shape index (κ1) is 8.88. The summed E-state index contributed by atoms with van der Waals surface area (Å²) in [6.07, 6.45) is 3.08. The maximum absolute atomic E-state index is 11.4. The minimum Gasteiger partial charge on any atom is -0.478 e. The van der Waals surface area contributed by atoms with Crippen molar-refractivity contribution in [2.75, 3.05) is 0 Å². The van der Waals surface area contributed by atoms with E-state index in [1.165, 1.54) is 6.08 Å². The molecule has 0 radical (unpaired) electrons. The number of hydrogen-bond donors (Lipinski definition) is 1. The predicted octanol–water partition coefficient (Wildman–Crippen LogP) is 1.89. The van der Waals surface area contributed by atoms with E-state index in [1.54, 1.807) is 6.92 Å². The maximum Gasteiger partial charge on any atom is 0.331 e. The van der Waals surface area contributed by atoms with Crippen molar-refractivity contribution >= 4 is 5.97 Å². The molecule has 0 aromatic carbocycles. The molecule has 2 nitrogen and oxygen atoms in total. The summed E-state index contributed by atoms with van der Waals surface area (Å²) in [5, 5.41) is 8.38. The highest BCUT2D eigenvalue weighted by Crippen LogP contribution is 2.01. The Kier molecular flexibility index (Phi) is 4.20. The monoisotopic (exact) mass is 144 g/mol. The van der Waals surface area contributed by atoms with Crippen LogP contribution < -0.4 is 0 Å². The van der Waals surface area contributed by atoms with Crippen molar-refractivity contribution < 1.29 is 14.3 Å². The molecule has 0 unspecified atom stereocenters. The quantitative estimate of drug-likeness (QED) is 0.614. The second-order valence-electron chi connectivity index (χ2n) is 1.68. The number of halogens is 1. The SMILES string of the molecule is CC=C(CC=CF)C(=O)O. The van der Waals surface area contributed by atoms with Crippen molar-refractivity contribution in [3.8, 4) is 0 Å². The molecule has 0 saturated carbocycles. The van der Waals surface area contributed by atoms with Crippen LogP contribution in [0.4, 0.5) is 4.39 Å². The third-order valence-electron chi connectivity index (χ3n) is 1.05. The van der Waals surface area contributed by atoms with Crippen molar-refractivity contribution in [3.63, 3.8) is 0 Å². The van der Waals surface area contributed by atoms with Gasteiger partial charge in [0, 0.05) is 5.57 Å². The lowest BCUT2D eigenvalue weighted by molar-refractivity contribution is -0.132. The standard InChI is InChI=1S/C7H9FO2/c1-2-6(7(9)10)4-3-5-8/h2-3,5H,4H2,1H3,(H,9,10). The first-order valence-electron chi connectivity index (χ1n) is 2.86. The average Bonchev–Trinajstić information content (AvgIpc) is 1.89. The van der Waals surface area contributed by atoms with E-state index in [1.807, 2.05) is 0 Å². The normalized spacial score (nSPS) is 12.4. The van der Waals surface area contributed by atoms with E-state index in [2.05, 4.69) is 0 Å². The highest BCUT2D eigenvalue weighted by molar-refractivity contribution is 5.86. The first-order valence-corrected chi connectivity index (χ1v) is 2.86. The molecule has 0 aliphatic heterocycles. The molecule has 0 aromatic heterocycles. The minimum atomic E-state index is -0.999. The Balaban J connectivity index is 3.99. The first-order chi connectivity index (χ1) is 4.72. The van der Waals surface area contributed by atoms with Crippen LogP contribution in [-0.2, 0) is 4.79 Å². The third-order valence-corrected chi connectivity index (χ3v) is 1.05. The highest BCUT2D eigenvalue weighted by atomic mass is 19.1. The predicted molar refractivity (Wildman–Crippen MR) is 36.3 cm³/mol. The molecule has 0 saturated heterocycles. The number of rotatable bonds is 3. The lowest BCUT2D eigenvalue weighted by Crippen LogP contribution is -1.98. The highest BCUT2D eigenvalue weighted by Gasteiger charge is 2.01. The van der Waals surface area contributed by atoms with Crippen LogP contribution in [0.5, 0.6) is 0 Å². The van der Waals surface area contributed by atoms with Gasteiger partial charge in [-0.3, -0.25) is 0 Å². The van der Waals surface area contributed by atoms with E-state index in [0.717, 1.165) is 6.08 Å². The van der Waals surface area contributed by atoms with Crippen LogP contribution >= 0.6 is 0 Å². The summed E-state index contributed by atoms with van der Waals surface area (Å²) in [6.45, 7) is 1.61. The van der Waals surface area contributed by atoms with Crippen molar-refractivity contribution in [3.05, 3.63) is 24.1 Å². The minimum absolute atomic E-state index is 0.141. The molecular weight excluding hydrogens is 135 g/mol. The Morgan fingerprint density at radius 1 is 1.70 bits per heavy atom. The van der Waals surface area contributed by atoms with E-state index in [0.29, 0.717) is 6.33 Å². The topological polar surface area (TPSA) is 37.3 Å². The molecule has 0 amide bonds. The molecule has 0 bridgehead atoms. The van der Waals surface area contributed by atoms with Crippen LogP contribution in [0, 0.1) is 0 Å². The van der Waals surface area contributed by atoms with Gasteiger partial charge in [-0.1, -0.05) is 12.2 Å². The average molecular weight is 144 g/mol. The van der Waals surface area contributed by atoms with E-state index in [9.17, 15) is 9.18 Å². The molecule has 0 fully saturated rings. The van der Waals surface area contributed by atoms with Crippen LogP contribution in [0.3, 0.4) is 0 Å². The molecule has 10 heavy (non-hydrogen) atoms. The zero-order chi connectivity index (χ0) is 7.98. The number of aliphatic carboxylic acids is 1. The smallest absolute Gasteiger partial charge is 0.331 e. The van der Waals surface area contributed by atoms with E-state index in [4.69, 9.17) is 5.11 Å². The van der Waals surface area contributed by atoms with Gasteiger partial charge in [-0.15, -0.1) is 0 Å². The fraction of sp³-hybridized carbons (Fsp3) is 0.286. The molecule has 0 rings (SSSR count). The van der Waals surface area contributed by atoms with E-state index < -0.39 is 5.97 Å². The Morgan fingerprint density at radius 2 is 2.30 bits per heavy atom. The summed E-state index contributed by atoms with van der Waals surface area (Å²) in [4.78, 5) is 10.2. The van der Waals surface area contributed by atoms with Gasteiger partial charge in [0.25, 0.3) is 0 Å². The molecule has 0 spiro atoms. The van der Waals surface area contributed by atoms with Gasteiger partial charge in [0.05, 0.1) is 6.33 Å². The van der Waals surface area contributed by atoms with Crippen LogP contribution in [0.15, 0.2) is 24.1 Å². The van der Waals surface area contributed by atoms with Gasteiger partial charge in [-0.25, -0.2) is 9.18 Å². The Bertz CT molecular complexity index is 170. The van der Waals surface area contributed by atoms with Gasteiger partial charge in [-0.05, 0) is 13.3 Å². The van der Waals surface area contributed by atoms with Gasteiger partial charge in [0.2, 0.25) is 0 Å². The number of hydrogen-bond acceptors (Lipinski definition) is 1. The van der Waals surface area contributed by atoms with Crippen LogP contribution in [-0.4, -0.2) is 11.1 Å². The van der Waals surface area contributed by atoms with Crippen molar-refractivity contribution in [1.29, 1.82) is 0 Å². The van der Waals surface area contributed by atoms with Gasteiger partial charge in [-0.2, -0.15) is 0 Å². The second kappa shape index (κ2) is 4.73. The summed E-state index contributed by atoms with van der Waals surface area (Å²) >= 11 is 0. The van der Waals surface area contributed by atoms with Gasteiger partial charge < -0.3 is 5.11 Å². The molecule has 0 atom stereocenters. The van der Waals surface area contributed by atoms with Crippen LogP contribution in [0.25, 0.3) is 0 Å². The lowest BCUT2D eigenvalue weighted by atomic mass is 10.2. The van der Waals surface area contributed by atoms with Crippen LogP contribution in [0.1, 0.15) is 13.3 Å². The maximum atomic E-state index is 11.4. The molecule has 0 aromatic rings. The fourth-order valence-corrected chi connectivity index (χ4v) is 0.500. The molecule has 0 aliphatic rings. The summed E-state index contributed by atoms with van der Waals surface area (Å²) in [5.74, 6) is -0.999. The van der Waals surface area contributed by atoms with Crippen molar-refractivity contribution in [2.45, 2.75) is 13.3 Å². The molecule has 0 aliphatic carbocycles. The van der Waals surface area contributed by atoms with Crippen molar-refractivity contribution in [2.24, 2.45) is 0 Å². The second-order valence-corrected chi connectivity index (χ2v) is 1.68. The number of allylic oxidation sites excluding steroid dienone is 2. The van der Waals surface area contributed by atoms with Gasteiger partial charge in [0.1, 0.15) is 0 Å². The molecule has 56 valence electrons. The summed E-state index contributed by atoms with van der Waals surface area (Å²) in [6, 6.07) is 0. The Morgan fingerprint density at radius 3 is 2.60 bits per heavy atom. The van der Waals surface area contributed by atoms with Crippen LogP contribution in [0.2, 0.25) is 0 Å². The fourth-order valence-electron chi connectivity index (χ4n) is 0.500. The summed E-state index contributed by atoms with van der Waals surface area (Å²) < 4.78 is 11.4. The van der Waals surface area contributed by atoms with E-state index in [-0.39, 0.29) is 12.0 Å². The molecule has 3 heteroatoms. The lowest BCUT2D eigenvalue weighted by Gasteiger charge is -1.92. The number of carbonyl (C=O) groups is 1. The zero-order valence-corrected chi connectivity index (χ0v) is 5.67. The summed E-state index contributed by atoms with van der Waals surface area (Å²) in [7, 11) is 0. The third kappa shape index (κ3) is 3.02. The zero-order valence-electron chi connectivity index (χ0n) is 5.67. The summed E-state index contributed by atoms with van der Waals surface area (Å²) in [5.41, 5.74) is 0.203. The van der Waals surface area contributed by atoms with Gasteiger partial charge in [0.15, 0.2) is 0 Å².